The summed E-state index contributed by atoms with van der Waals surface area (Å²) in [5.41, 5.74) is 3.26. The van der Waals surface area contributed by atoms with Crippen LogP contribution in [-0.2, 0) is 14.3 Å². The Morgan fingerprint density at radius 3 is 2.41 bits per heavy atom. The summed E-state index contributed by atoms with van der Waals surface area (Å²) in [6.07, 6.45) is 1.54. The number of hydrazone groups is 1. The van der Waals surface area contributed by atoms with E-state index in [1.165, 1.54) is 11.8 Å². The third-order valence-corrected chi connectivity index (χ3v) is 6.15. The zero-order chi connectivity index (χ0) is 23.8. The highest BCUT2D eigenvalue weighted by molar-refractivity contribution is 8.00. The van der Waals surface area contributed by atoms with Crippen molar-refractivity contribution in [3.05, 3.63) is 84.4 Å². The van der Waals surface area contributed by atoms with Crippen LogP contribution >= 0.6 is 11.8 Å². The van der Waals surface area contributed by atoms with E-state index >= 15 is 0 Å². The number of hydrogen-bond acceptors (Lipinski definition) is 6. The first-order chi connectivity index (χ1) is 16.7. The average Bonchev–Trinajstić information content (AvgIpc) is 2.87. The zero-order valence-corrected chi connectivity index (χ0v) is 19.5. The van der Waals surface area contributed by atoms with Gasteiger partial charge < -0.3 is 9.47 Å². The second-order valence-electron chi connectivity index (χ2n) is 7.35. The van der Waals surface area contributed by atoms with Crippen LogP contribution in [0.15, 0.2) is 88.9 Å². The van der Waals surface area contributed by atoms with Crippen LogP contribution in [0.1, 0.15) is 12.5 Å². The highest BCUT2D eigenvalue weighted by atomic mass is 32.2. The van der Waals surface area contributed by atoms with Gasteiger partial charge in [-0.3, -0.25) is 4.79 Å². The third-order valence-electron chi connectivity index (χ3n) is 5.07. The van der Waals surface area contributed by atoms with Gasteiger partial charge in [-0.15, -0.1) is 11.8 Å². The summed E-state index contributed by atoms with van der Waals surface area (Å²) in [5, 5.41) is 8.30. The van der Waals surface area contributed by atoms with Crippen LogP contribution in [0.3, 0.4) is 0 Å². The number of nitrogens with one attached hydrogen (secondary N) is 1. The maximum atomic E-state index is 12.4. The van der Waals surface area contributed by atoms with Gasteiger partial charge >= 0.3 is 5.97 Å². The van der Waals surface area contributed by atoms with Gasteiger partial charge in [0, 0.05) is 10.5 Å². The summed E-state index contributed by atoms with van der Waals surface area (Å²) >= 11 is 1.46. The van der Waals surface area contributed by atoms with Crippen molar-refractivity contribution in [2.45, 2.75) is 11.8 Å². The molecule has 0 radical (unpaired) electrons. The minimum atomic E-state index is -0.447. The minimum absolute atomic E-state index is 0.207. The fraction of sp³-hybridized carbons (Fsp3) is 0.148. The highest BCUT2D eigenvalue weighted by Gasteiger charge is 2.11. The second kappa shape index (κ2) is 11.3. The van der Waals surface area contributed by atoms with Gasteiger partial charge in [0.05, 0.1) is 18.6 Å². The van der Waals surface area contributed by atoms with Crippen LogP contribution in [0.2, 0.25) is 0 Å². The van der Waals surface area contributed by atoms with Crippen molar-refractivity contribution in [1.82, 2.24) is 5.43 Å². The normalized spacial score (nSPS) is 11.1. The number of esters is 1. The van der Waals surface area contributed by atoms with E-state index in [4.69, 9.17) is 9.47 Å². The first-order valence-electron chi connectivity index (χ1n) is 10.9. The fourth-order valence-corrected chi connectivity index (χ4v) is 4.41. The average molecular weight is 473 g/mol. The van der Waals surface area contributed by atoms with Gasteiger partial charge in [-0.2, -0.15) is 5.10 Å². The van der Waals surface area contributed by atoms with Crippen molar-refractivity contribution >= 4 is 51.4 Å². The van der Waals surface area contributed by atoms with Crippen LogP contribution in [0.5, 0.6) is 5.75 Å². The number of fused-ring (bicyclic) bond motifs is 2. The number of amides is 1. The zero-order valence-electron chi connectivity index (χ0n) is 18.7. The Labute approximate surface area is 201 Å². The molecule has 4 aromatic rings. The van der Waals surface area contributed by atoms with Crippen LogP contribution < -0.4 is 10.2 Å². The molecule has 0 aliphatic rings. The molecule has 0 spiro atoms. The van der Waals surface area contributed by atoms with E-state index in [9.17, 15) is 9.59 Å². The van der Waals surface area contributed by atoms with Crippen molar-refractivity contribution in [1.29, 1.82) is 0 Å². The van der Waals surface area contributed by atoms with Gasteiger partial charge in [-0.05, 0) is 40.6 Å². The third kappa shape index (κ3) is 5.74. The number of carbonyl (C=O) groups is 2. The summed E-state index contributed by atoms with van der Waals surface area (Å²) in [6, 6.07) is 25.6. The summed E-state index contributed by atoms with van der Waals surface area (Å²) in [6.45, 7) is 1.82. The smallest absolute Gasteiger partial charge is 0.344 e. The van der Waals surface area contributed by atoms with E-state index < -0.39 is 5.97 Å². The molecule has 0 saturated heterocycles. The van der Waals surface area contributed by atoms with Crippen LogP contribution in [0.4, 0.5) is 0 Å². The molecule has 4 rings (SSSR count). The Morgan fingerprint density at radius 2 is 1.62 bits per heavy atom. The Balaban J connectivity index is 1.45. The quantitative estimate of drug-likeness (QED) is 0.157. The summed E-state index contributed by atoms with van der Waals surface area (Å²) < 4.78 is 10.6. The number of carbonyl (C=O) groups excluding carboxylic acids is 2. The Morgan fingerprint density at radius 1 is 0.912 bits per heavy atom. The lowest BCUT2D eigenvalue weighted by molar-refractivity contribution is -0.145. The first kappa shape index (κ1) is 23.3. The molecule has 0 bridgehead atoms. The Hall–Kier alpha value is -3.84. The van der Waals surface area contributed by atoms with E-state index in [2.05, 4.69) is 22.7 Å². The Bertz CT molecular complexity index is 1350. The summed E-state index contributed by atoms with van der Waals surface area (Å²) in [4.78, 5) is 25.2. The summed E-state index contributed by atoms with van der Waals surface area (Å²) in [7, 11) is 0. The molecule has 0 heterocycles. The molecule has 0 aromatic heterocycles. The number of benzene rings is 4. The maximum absolute atomic E-state index is 12.4. The lowest BCUT2D eigenvalue weighted by Crippen LogP contribution is -2.20. The van der Waals surface area contributed by atoms with Crippen molar-refractivity contribution < 1.29 is 19.1 Å². The topological polar surface area (TPSA) is 77.0 Å². The van der Waals surface area contributed by atoms with Gasteiger partial charge in [0.25, 0.3) is 0 Å². The number of thioether (sulfide) groups is 1. The lowest BCUT2D eigenvalue weighted by atomic mass is 10.0. The van der Waals surface area contributed by atoms with Gasteiger partial charge in [0.15, 0.2) is 6.61 Å². The van der Waals surface area contributed by atoms with Crippen molar-refractivity contribution in [2.24, 2.45) is 5.10 Å². The van der Waals surface area contributed by atoms with Gasteiger partial charge in [0.1, 0.15) is 5.75 Å². The molecule has 34 heavy (non-hydrogen) atoms. The maximum Gasteiger partial charge on any atom is 0.344 e. The molecule has 0 atom stereocenters. The molecule has 0 aliphatic heterocycles. The molecule has 0 unspecified atom stereocenters. The Kier molecular flexibility index (Phi) is 7.78. The van der Waals surface area contributed by atoms with Gasteiger partial charge in [-0.25, -0.2) is 10.2 Å². The largest absolute Gasteiger partial charge is 0.481 e. The van der Waals surface area contributed by atoms with E-state index in [0.29, 0.717) is 11.3 Å². The molecule has 1 amide bonds. The van der Waals surface area contributed by atoms with Crippen molar-refractivity contribution in [3.63, 3.8) is 0 Å². The molecular formula is C27H24N2O4S. The number of hydrogen-bond donors (Lipinski definition) is 1. The molecule has 1 N–H and O–H groups in total. The highest BCUT2D eigenvalue weighted by Crippen LogP contribution is 2.28. The standard InChI is InChI=1S/C27H24N2O4S/c1-2-32-27(31)17-33-24-15-14-20-9-3-5-11-21(20)23(24)16-28-29-26(30)18-34-25-13-7-10-19-8-4-6-12-22(19)25/h3-16H,2,17-18H2,1H3,(H,29,30)/b28-16-. The fourth-order valence-electron chi connectivity index (χ4n) is 3.54. The van der Waals surface area contributed by atoms with E-state index in [1.807, 2.05) is 60.7 Å². The predicted molar refractivity (Wildman–Crippen MR) is 136 cm³/mol. The second-order valence-corrected chi connectivity index (χ2v) is 8.37. The monoisotopic (exact) mass is 472 g/mol. The lowest BCUT2D eigenvalue weighted by Gasteiger charge is -2.11. The van der Waals surface area contributed by atoms with Gasteiger partial charge in [0.2, 0.25) is 5.91 Å². The van der Waals surface area contributed by atoms with Crippen LogP contribution in [0.25, 0.3) is 21.5 Å². The van der Waals surface area contributed by atoms with Crippen LogP contribution in [-0.4, -0.2) is 37.1 Å². The molecule has 0 saturated carbocycles. The molecule has 172 valence electrons. The molecule has 0 fully saturated rings. The van der Waals surface area contributed by atoms with E-state index in [0.717, 1.165) is 26.4 Å². The number of ether oxygens (including phenoxy) is 2. The van der Waals surface area contributed by atoms with Crippen molar-refractivity contribution in [2.75, 3.05) is 19.0 Å². The number of rotatable bonds is 9. The van der Waals surface area contributed by atoms with Gasteiger partial charge in [-0.1, -0.05) is 66.7 Å². The molecular weight excluding hydrogens is 448 g/mol. The molecule has 0 aliphatic carbocycles. The summed E-state index contributed by atoms with van der Waals surface area (Å²) in [5.74, 6) is 0.0446. The van der Waals surface area contributed by atoms with Crippen molar-refractivity contribution in [3.8, 4) is 5.75 Å². The molecule has 4 aromatic carbocycles. The minimum Gasteiger partial charge on any atom is -0.481 e. The SMILES string of the molecule is CCOC(=O)COc1ccc2ccccc2c1/C=N\NC(=O)CSc1cccc2ccccc12. The predicted octanol–water partition coefficient (Wildman–Crippen LogP) is 5.18. The van der Waals surface area contributed by atoms with E-state index in [1.54, 1.807) is 19.2 Å². The number of nitrogens with zero attached hydrogens (tertiary/aromatic N) is 1. The van der Waals surface area contributed by atoms with Crippen LogP contribution in [0, 0.1) is 0 Å². The first-order valence-corrected chi connectivity index (χ1v) is 11.9. The van der Waals surface area contributed by atoms with E-state index in [-0.39, 0.29) is 24.9 Å². The molecule has 7 heteroatoms. The molecule has 6 nitrogen and oxygen atoms in total.